The molecular weight excluding hydrogens is 278 g/mol. The lowest BCUT2D eigenvalue weighted by Crippen LogP contribution is -2.50. The van der Waals surface area contributed by atoms with E-state index in [0.717, 1.165) is 0 Å². The Hall–Kier alpha value is -1.83. The Morgan fingerprint density at radius 3 is 2.19 bits per heavy atom. The molecule has 0 aliphatic rings. The summed E-state index contributed by atoms with van der Waals surface area (Å²) in [7, 11) is 0. The minimum atomic E-state index is -0.814. The Morgan fingerprint density at radius 2 is 1.76 bits per heavy atom. The van der Waals surface area contributed by atoms with Gasteiger partial charge in [0.05, 0.1) is 6.54 Å². The van der Waals surface area contributed by atoms with Gasteiger partial charge >= 0.3 is 6.09 Å². The molecule has 0 aromatic rings. The number of hydrogen-bond acceptors (Lipinski definition) is 5. The van der Waals surface area contributed by atoms with Crippen LogP contribution in [0.3, 0.4) is 0 Å². The number of hydroxylamine groups is 1. The quantitative estimate of drug-likeness (QED) is 0.422. The molecule has 0 rings (SSSR count). The first-order valence-electron chi connectivity index (χ1n) is 6.75. The Balaban J connectivity index is 4.60. The van der Waals surface area contributed by atoms with Gasteiger partial charge in [0.1, 0.15) is 11.6 Å². The van der Waals surface area contributed by atoms with E-state index in [1.165, 1.54) is 5.48 Å². The SMILES string of the molecule is CC(C)C[C@H](NC(=O)OC(C)(C)C)C(=O)NCC(=O)NO. The third-order valence-corrected chi connectivity index (χ3v) is 2.26. The third-order valence-electron chi connectivity index (χ3n) is 2.26. The fraction of sp³-hybridized carbons (Fsp3) is 0.769. The lowest BCUT2D eigenvalue weighted by Gasteiger charge is -2.24. The number of ether oxygens (including phenoxy) is 1. The standard InChI is InChI=1S/C13H25N3O5/c1-8(2)6-9(11(18)14-7-10(17)16-20)15-12(19)21-13(3,4)5/h8-9,20H,6-7H2,1-5H3,(H,14,18)(H,15,19)(H,16,17)/t9-/m0/s1. The van der Waals surface area contributed by atoms with Crippen LogP contribution >= 0.6 is 0 Å². The van der Waals surface area contributed by atoms with E-state index in [0.29, 0.717) is 6.42 Å². The van der Waals surface area contributed by atoms with Crippen molar-refractivity contribution in [1.82, 2.24) is 16.1 Å². The highest BCUT2D eigenvalue weighted by molar-refractivity contribution is 5.89. The van der Waals surface area contributed by atoms with E-state index in [1.54, 1.807) is 20.8 Å². The van der Waals surface area contributed by atoms with Crippen molar-refractivity contribution in [3.63, 3.8) is 0 Å². The van der Waals surface area contributed by atoms with Gasteiger partial charge in [-0.3, -0.25) is 14.8 Å². The lowest BCUT2D eigenvalue weighted by molar-refractivity contribution is -0.131. The van der Waals surface area contributed by atoms with Gasteiger partial charge in [0.15, 0.2) is 0 Å². The Kier molecular flexibility index (Phi) is 7.72. The highest BCUT2D eigenvalue weighted by Gasteiger charge is 2.25. The average molecular weight is 303 g/mol. The first-order valence-corrected chi connectivity index (χ1v) is 6.75. The van der Waals surface area contributed by atoms with Crippen LogP contribution in [0.5, 0.6) is 0 Å². The van der Waals surface area contributed by atoms with Gasteiger partial charge < -0.3 is 15.4 Å². The van der Waals surface area contributed by atoms with Crippen molar-refractivity contribution in [1.29, 1.82) is 0 Å². The second-order valence-corrected chi connectivity index (χ2v) is 6.08. The van der Waals surface area contributed by atoms with E-state index in [1.807, 2.05) is 13.8 Å². The molecule has 0 bridgehead atoms. The minimum Gasteiger partial charge on any atom is -0.444 e. The summed E-state index contributed by atoms with van der Waals surface area (Å²) in [6.45, 7) is 8.58. The van der Waals surface area contributed by atoms with E-state index in [-0.39, 0.29) is 12.5 Å². The largest absolute Gasteiger partial charge is 0.444 e. The van der Waals surface area contributed by atoms with E-state index < -0.39 is 29.6 Å². The predicted molar refractivity (Wildman–Crippen MR) is 75.6 cm³/mol. The molecule has 0 saturated carbocycles. The zero-order valence-electron chi connectivity index (χ0n) is 13.1. The summed E-state index contributed by atoms with van der Waals surface area (Å²) in [5.74, 6) is -1.11. The van der Waals surface area contributed by atoms with Gasteiger partial charge in [-0.15, -0.1) is 0 Å². The van der Waals surface area contributed by atoms with Crippen molar-refractivity contribution in [2.24, 2.45) is 5.92 Å². The van der Waals surface area contributed by atoms with E-state index in [9.17, 15) is 14.4 Å². The van der Waals surface area contributed by atoms with Crippen LogP contribution in [0.15, 0.2) is 0 Å². The number of alkyl carbamates (subject to hydrolysis) is 1. The molecule has 3 amide bonds. The normalized spacial score (nSPS) is 12.5. The molecule has 21 heavy (non-hydrogen) atoms. The molecule has 1 atom stereocenters. The number of carbonyl (C=O) groups is 3. The van der Waals surface area contributed by atoms with Gasteiger partial charge in [-0.25, -0.2) is 10.3 Å². The summed E-state index contributed by atoms with van der Waals surface area (Å²) in [5.41, 5.74) is 0.739. The molecule has 0 unspecified atom stereocenters. The van der Waals surface area contributed by atoms with Crippen LogP contribution < -0.4 is 16.1 Å². The van der Waals surface area contributed by atoms with E-state index in [4.69, 9.17) is 9.94 Å². The summed E-state index contributed by atoms with van der Waals surface area (Å²) in [4.78, 5) is 34.6. The topological polar surface area (TPSA) is 117 Å². The monoisotopic (exact) mass is 303 g/mol. The van der Waals surface area contributed by atoms with Crippen LogP contribution in [0.2, 0.25) is 0 Å². The molecule has 0 radical (unpaired) electrons. The number of amides is 3. The van der Waals surface area contributed by atoms with Crippen molar-refractivity contribution in [3.8, 4) is 0 Å². The van der Waals surface area contributed by atoms with Gasteiger partial charge in [0.2, 0.25) is 5.91 Å². The molecule has 0 aliphatic carbocycles. The van der Waals surface area contributed by atoms with Gasteiger partial charge in [-0.2, -0.15) is 0 Å². The first kappa shape index (κ1) is 19.2. The van der Waals surface area contributed by atoms with Crippen molar-refractivity contribution >= 4 is 17.9 Å². The van der Waals surface area contributed by atoms with Crippen LogP contribution in [0.1, 0.15) is 41.0 Å². The Bertz CT molecular complexity index is 376. The molecule has 0 fully saturated rings. The molecule has 0 heterocycles. The molecule has 0 spiro atoms. The predicted octanol–water partition coefficient (Wildman–Crippen LogP) is 0.547. The molecule has 0 saturated heterocycles. The fourth-order valence-electron chi connectivity index (χ4n) is 1.48. The van der Waals surface area contributed by atoms with E-state index in [2.05, 4.69) is 10.6 Å². The summed E-state index contributed by atoms with van der Waals surface area (Å²) in [6, 6.07) is -0.814. The van der Waals surface area contributed by atoms with Crippen LogP contribution in [-0.2, 0) is 14.3 Å². The molecule has 122 valence electrons. The van der Waals surface area contributed by atoms with E-state index >= 15 is 0 Å². The summed E-state index contributed by atoms with van der Waals surface area (Å²) in [5, 5.41) is 13.2. The van der Waals surface area contributed by atoms with Crippen LogP contribution in [0, 0.1) is 5.92 Å². The van der Waals surface area contributed by atoms with Crippen molar-refractivity contribution < 1.29 is 24.3 Å². The fourth-order valence-corrected chi connectivity index (χ4v) is 1.48. The summed E-state index contributed by atoms with van der Waals surface area (Å²) in [6.07, 6.45) is -0.304. The van der Waals surface area contributed by atoms with Gasteiger partial charge in [-0.1, -0.05) is 13.8 Å². The number of hydrogen-bond donors (Lipinski definition) is 4. The number of rotatable bonds is 6. The number of nitrogens with one attached hydrogen (secondary N) is 3. The maximum atomic E-state index is 12.0. The zero-order valence-corrected chi connectivity index (χ0v) is 13.1. The Morgan fingerprint density at radius 1 is 1.19 bits per heavy atom. The molecule has 4 N–H and O–H groups in total. The smallest absolute Gasteiger partial charge is 0.408 e. The van der Waals surface area contributed by atoms with Gasteiger partial charge in [0, 0.05) is 0 Å². The van der Waals surface area contributed by atoms with Crippen molar-refractivity contribution in [2.75, 3.05) is 6.54 Å². The lowest BCUT2D eigenvalue weighted by atomic mass is 10.0. The molecule has 0 aromatic heterocycles. The highest BCUT2D eigenvalue weighted by atomic mass is 16.6. The molecule has 8 nitrogen and oxygen atoms in total. The molecule has 0 aliphatic heterocycles. The van der Waals surface area contributed by atoms with Crippen molar-refractivity contribution in [2.45, 2.75) is 52.7 Å². The second-order valence-electron chi connectivity index (χ2n) is 6.08. The zero-order chi connectivity index (χ0) is 16.6. The van der Waals surface area contributed by atoms with Crippen LogP contribution in [-0.4, -0.2) is 41.3 Å². The Labute approximate surface area is 124 Å². The number of carbonyl (C=O) groups excluding carboxylic acids is 3. The average Bonchev–Trinajstić information content (AvgIpc) is 2.31. The summed E-state index contributed by atoms with van der Waals surface area (Å²) < 4.78 is 5.10. The first-order chi connectivity index (χ1) is 9.55. The summed E-state index contributed by atoms with van der Waals surface area (Å²) >= 11 is 0. The maximum absolute atomic E-state index is 12.0. The molecular formula is C13H25N3O5. The third kappa shape index (κ3) is 9.67. The van der Waals surface area contributed by atoms with Crippen LogP contribution in [0.25, 0.3) is 0 Å². The van der Waals surface area contributed by atoms with Gasteiger partial charge in [0.25, 0.3) is 5.91 Å². The molecule has 8 heteroatoms. The second kappa shape index (κ2) is 8.46. The molecule has 0 aromatic carbocycles. The van der Waals surface area contributed by atoms with Crippen molar-refractivity contribution in [3.05, 3.63) is 0 Å². The van der Waals surface area contributed by atoms with Gasteiger partial charge in [-0.05, 0) is 33.1 Å². The minimum absolute atomic E-state index is 0.155. The maximum Gasteiger partial charge on any atom is 0.408 e. The highest BCUT2D eigenvalue weighted by Crippen LogP contribution is 2.09. The van der Waals surface area contributed by atoms with Crippen LogP contribution in [0.4, 0.5) is 4.79 Å².